The quantitative estimate of drug-likeness (QED) is 0.748. The van der Waals surface area contributed by atoms with Crippen molar-refractivity contribution < 1.29 is 19.4 Å². The molecule has 2 unspecified atom stereocenters. The van der Waals surface area contributed by atoms with E-state index in [0.29, 0.717) is 26.0 Å². The number of aliphatic carboxylic acids is 1. The maximum atomic E-state index is 12.9. The van der Waals surface area contributed by atoms with E-state index < -0.39 is 11.9 Å². The molecule has 1 aliphatic carbocycles. The number of methoxy groups -OCH3 is 1. The van der Waals surface area contributed by atoms with E-state index in [2.05, 4.69) is 13.8 Å². The number of carboxylic acids is 1. The van der Waals surface area contributed by atoms with Crippen molar-refractivity contribution in [3.8, 4) is 0 Å². The summed E-state index contributed by atoms with van der Waals surface area (Å²) in [6.07, 6.45) is 4.93. The average molecular weight is 299 g/mol. The van der Waals surface area contributed by atoms with Crippen LogP contribution in [0.3, 0.4) is 0 Å². The number of carbonyl (C=O) groups is 2. The predicted molar refractivity (Wildman–Crippen MR) is 81.0 cm³/mol. The predicted octanol–water partition coefficient (Wildman–Crippen LogP) is 2.54. The normalized spacial score (nSPS) is 22.3. The van der Waals surface area contributed by atoms with E-state index in [4.69, 9.17) is 4.74 Å². The van der Waals surface area contributed by atoms with Crippen LogP contribution in [0.1, 0.15) is 52.4 Å². The van der Waals surface area contributed by atoms with Crippen molar-refractivity contribution in [1.82, 2.24) is 4.90 Å². The van der Waals surface area contributed by atoms with Crippen LogP contribution < -0.4 is 0 Å². The van der Waals surface area contributed by atoms with Crippen molar-refractivity contribution in [2.24, 2.45) is 11.8 Å². The number of hydrogen-bond acceptors (Lipinski definition) is 3. The minimum Gasteiger partial charge on any atom is -0.481 e. The Kier molecular flexibility index (Phi) is 7.72. The molecule has 1 aliphatic rings. The summed E-state index contributed by atoms with van der Waals surface area (Å²) in [6, 6.07) is 0.170. The second kappa shape index (κ2) is 9.03. The first-order chi connectivity index (χ1) is 10.1. The van der Waals surface area contributed by atoms with Gasteiger partial charge in [-0.25, -0.2) is 0 Å². The Morgan fingerprint density at radius 1 is 1.19 bits per heavy atom. The van der Waals surface area contributed by atoms with Crippen LogP contribution in [0, 0.1) is 11.8 Å². The molecule has 122 valence electrons. The van der Waals surface area contributed by atoms with Gasteiger partial charge in [-0.15, -0.1) is 0 Å². The topological polar surface area (TPSA) is 66.8 Å². The lowest BCUT2D eigenvalue weighted by Gasteiger charge is -2.36. The summed E-state index contributed by atoms with van der Waals surface area (Å²) in [7, 11) is 1.62. The summed E-state index contributed by atoms with van der Waals surface area (Å²) in [5.41, 5.74) is 0. The monoisotopic (exact) mass is 299 g/mol. The first-order valence-electron chi connectivity index (χ1n) is 8.08. The van der Waals surface area contributed by atoms with Crippen molar-refractivity contribution in [3.05, 3.63) is 0 Å². The van der Waals surface area contributed by atoms with Gasteiger partial charge in [-0.2, -0.15) is 0 Å². The summed E-state index contributed by atoms with van der Waals surface area (Å²) in [6.45, 7) is 5.17. The average Bonchev–Trinajstić information content (AvgIpc) is 2.50. The Morgan fingerprint density at radius 3 is 2.24 bits per heavy atom. The molecule has 0 aromatic heterocycles. The van der Waals surface area contributed by atoms with E-state index in [0.717, 1.165) is 25.7 Å². The van der Waals surface area contributed by atoms with E-state index in [1.54, 1.807) is 7.11 Å². The van der Waals surface area contributed by atoms with Gasteiger partial charge in [0.2, 0.25) is 5.91 Å². The van der Waals surface area contributed by atoms with Gasteiger partial charge in [-0.05, 0) is 25.7 Å². The molecule has 2 atom stereocenters. The van der Waals surface area contributed by atoms with Crippen LogP contribution in [0.2, 0.25) is 0 Å². The molecular formula is C16H29NO4. The van der Waals surface area contributed by atoms with Crippen LogP contribution >= 0.6 is 0 Å². The molecule has 5 nitrogen and oxygen atoms in total. The third kappa shape index (κ3) is 4.70. The van der Waals surface area contributed by atoms with Crippen LogP contribution in [0.15, 0.2) is 0 Å². The third-order valence-electron chi connectivity index (χ3n) is 4.60. The number of nitrogens with zero attached hydrogens (tertiary/aromatic N) is 1. The highest BCUT2D eigenvalue weighted by molar-refractivity contribution is 5.85. The number of amides is 1. The SMILES string of the molecule is CCC(CC)N(CCOC)C(=O)C1CCCCC1C(=O)O. The second-order valence-electron chi connectivity index (χ2n) is 5.83. The molecule has 0 heterocycles. The molecule has 1 amide bonds. The largest absolute Gasteiger partial charge is 0.481 e. The summed E-state index contributed by atoms with van der Waals surface area (Å²) >= 11 is 0. The molecular weight excluding hydrogens is 270 g/mol. The van der Waals surface area contributed by atoms with Gasteiger partial charge < -0.3 is 14.7 Å². The fraction of sp³-hybridized carbons (Fsp3) is 0.875. The van der Waals surface area contributed by atoms with E-state index in [-0.39, 0.29) is 17.9 Å². The minimum absolute atomic E-state index is 0.00727. The van der Waals surface area contributed by atoms with Crippen LogP contribution in [0.5, 0.6) is 0 Å². The first-order valence-corrected chi connectivity index (χ1v) is 8.08. The summed E-state index contributed by atoms with van der Waals surface area (Å²) in [5, 5.41) is 9.37. The van der Waals surface area contributed by atoms with Crippen molar-refractivity contribution in [1.29, 1.82) is 0 Å². The maximum Gasteiger partial charge on any atom is 0.307 e. The summed E-state index contributed by atoms with van der Waals surface area (Å²) in [4.78, 5) is 26.2. The zero-order chi connectivity index (χ0) is 15.8. The lowest BCUT2D eigenvalue weighted by atomic mass is 9.78. The molecule has 1 saturated carbocycles. The molecule has 0 aromatic carbocycles. The van der Waals surface area contributed by atoms with Gasteiger partial charge >= 0.3 is 5.97 Å². The number of carboxylic acid groups (broad SMARTS) is 1. The molecule has 0 bridgehead atoms. The third-order valence-corrected chi connectivity index (χ3v) is 4.60. The van der Waals surface area contributed by atoms with E-state index >= 15 is 0 Å². The molecule has 0 radical (unpaired) electrons. The zero-order valence-electron chi connectivity index (χ0n) is 13.5. The lowest BCUT2D eigenvalue weighted by Crippen LogP contribution is -2.48. The van der Waals surface area contributed by atoms with E-state index in [9.17, 15) is 14.7 Å². The highest BCUT2D eigenvalue weighted by Gasteiger charge is 2.38. The molecule has 0 spiro atoms. The summed E-state index contributed by atoms with van der Waals surface area (Å²) in [5.74, 6) is -1.71. The Labute approximate surface area is 127 Å². The van der Waals surface area contributed by atoms with Gasteiger partial charge in [0.1, 0.15) is 0 Å². The summed E-state index contributed by atoms with van der Waals surface area (Å²) < 4.78 is 5.11. The first kappa shape index (κ1) is 18.0. The van der Waals surface area contributed by atoms with E-state index in [1.165, 1.54) is 0 Å². The van der Waals surface area contributed by atoms with Gasteiger partial charge in [-0.3, -0.25) is 9.59 Å². The molecule has 21 heavy (non-hydrogen) atoms. The van der Waals surface area contributed by atoms with Gasteiger partial charge in [0.05, 0.1) is 18.4 Å². The van der Waals surface area contributed by atoms with Crippen LogP contribution in [-0.2, 0) is 14.3 Å². The Hall–Kier alpha value is -1.10. The Balaban J connectivity index is 2.88. The Bertz CT molecular complexity index is 341. The van der Waals surface area contributed by atoms with Gasteiger partial charge in [-0.1, -0.05) is 26.7 Å². The van der Waals surface area contributed by atoms with Crippen molar-refractivity contribution in [2.45, 2.75) is 58.4 Å². The van der Waals surface area contributed by atoms with E-state index in [1.807, 2.05) is 4.90 Å². The van der Waals surface area contributed by atoms with Crippen molar-refractivity contribution in [3.63, 3.8) is 0 Å². The second-order valence-corrected chi connectivity index (χ2v) is 5.83. The number of carbonyl (C=O) groups excluding carboxylic acids is 1. The number of ether oxygens (including phenoxy) is 1. The fourth-order valence-corrected chi connectivity index (χ4v) is 3.33. The smallest absolute Gasteiger partial charge is 0.307 e. The van der Waals surface area contributed by atoms with Gasteiger partial charge in [0.25, 0.3) is 0 Å². The van der Waals surface area contributed by atoms with Crippen LogP contribution in [0.25, 0.3) is 0 Å². The van der Waals surface area contributed by atoms with Crippen molar-refractivity contribution in [2.75, 3.05) is 20.3 Å². The highest BCUT2D eigenvalue weighted by atomic mass is 16.5. The molecule has 1 rings (SSSR count). The molecule has 0 saturated heterocycles. The van der Waals surface area contributed by atoms with Crippen molar-refractivity contribution >= 4 is 11.9 Å². The van der Waals surface area contributed by atoms with Crippen LogP contribution in [-0.4, -0.2) is 48.2 Å². The maximum absolute atomic E-state index is 12.9. The van der Waals surface area contributed by atoms with Gasteiger partial charge in [0.15, 0.2) is 0 Å². The Morgan fingerprint density at radius 2 is 1.76 bits per heavy atom. The van der Waals surface area contributed by atoms with Crippen LogP contribution in [0.4, 0.5) is 0 Å². The standard InChI is InChI=1S/C16H29NO4/c1-4-12(5-2)17(10-11-21-3)15(18)13-8-6-7-9-14(13)16(19)20/h12-14H,4-11H2,1-3H3,(H,19,20). The molecule has 5 heteroatoms. The number of rotatable bonds is 8. The van der Waals surface area contributed by atoms with Gasteiger partial charge in [0, 0.05) is 19.7 Å². The molecule has 1 fully saturated rings. The highest BCUT2D eigenvalue weighted by Crippen LogP contribution is 2.32. The zero-order valence-corrected chi connectivity index (χ0v) is 13.5. The molecule has 0 aliphatic heterocycles. The molecule has 0 aromatic rings. The fourth-order valence-electron chi connectivity index (χ4n) is 3.33. The lowest BCUT2D eigenvalue weighted by molar-refractivity contribution is -0.153. The minimum atomic E-state index is -0.829. The number of hydrogen-bond donors (Lipinski definition) is 1. The molecule has 1 N–H and O–H groups in total.